The molecule has 212 valence electrons. The largest absolute Gasteiger partial charge is 0.370 e. The van der Waals surface area contributed by atoms with Crippen LogP contribution in [-0.4, -0.2) is 74.5 Å². The highest BCUT2D eigenvalue weighted by Crippen LogP contribution is 2.33. The number of amides is 3. The summed E-state index contributed by atoms with van der Waals surface area (Å²) in [5.41, 5.74) is -0.522. The Bertz CT molecular complexity index is 1190. The number of rotatable bonds is 12. The molecule has 14 heteroatoms. The number of carbonyl (C=O) groups is 3. The van der Waals surface area contributed by atoms with Gasteiger partial charge < -0.3 is 20.3 Å². The fourth-order valence-corrected chi connectivity index (χ4v) is 5.22. The zero-order chi connectivity index (χ0) is 28.1. The minimum atomic E-state index is -3.00. The van der Waals surface area contributed by atoms with Crippen LogP contribution in [0.2, 0.25) is 4.34 Å². The van der Waals surface area contributed by atoms with Gasteiger partial charge in [0.15, 0.2) is 0 Å². The van der Waals surface area contributed by atoms with Crippen LogP contribution in [0.25, 0.3) is 0 Å². The molecule has 1 saturated heterocycles. The third-order valence-corrected chi connectivity index (χ3v) is 7.61. The molecule has 0 spiro atoms. The van der Waals surface area contributed by atoms with E-state index in [9.17, 15) is 31.9 Å². The van der Waals surface area contributed by atoms with Crippen LogP contribution < -0.4 is 15.5 Å². The molecule has 2 aromatic rings. The molecule has 2 N–H and O–H groups in total. The maximum Gasteiger partial charge on any atom is 0.265 e. The predicted molar refractivity (Wildman–Crippen MR) is 139 cm³/mol. The van der Waals surface area contributed by atoms with E-state index in [-0.39, 0.29) is 60.9 Å². The number of morpholine rings is 1. The summed E-state index contributed by atoms with van der Waals surface area (Å²) in [6, 6.07) is 5.55. The monoisotopic (exact) mass is 590 g/mol. The lowest BCUT2D eigenvalue weighted by Gasteiger charge is -2.31. The standard InChI is InChI=1S/C25H27ClF4N4O4S/c26-20-6-5-19(39-20)25(37)31-10-18(33(12-21(27)28)11-14-1-2-14)24(36)32-17-4-3-15(9-16(17)23(29)30)34-7-8-38-13-22(34)35/h3-6,9,14,18,21,23H,1-2,7-8,10-13H2,(H,31,37)(H,32,36)/t18-/m0/s1. The summed E-state index contributed by atoms with van der Waals surface area (Å²) < 4.78 is 60.5. The van der Waals surface area contributed by atoms with Gasteiger partial charge in [-0.1, -0.05) is 11.6 Å². The Labute approximate surface area is 231 Å². The van der Waals surface area contributed by atoms with E-state index in [2.05, 4.69) is 10.6 Å². The lowest BCUT2D eigenvalue weighted by molar-refractivity contribution is -0.125. The van der Waals surface area contributed by atoms with Crippen molar-refractivity contribution in [1.82, 2.24) is 10.2 Å². The first-order valence-corrected chi connectivity index (χ1v) is 13.5. The Hall–Kier alpha value is -2.74. The van der Waals surface area contributed by atoms with Crippen LogP contribution >= 0.6 is 22.9 Å². The van der Waals surface area contributed by atoms with Crippen LogP contribution in [0.1, 0.15) is 34.5 Å². The Balaban J connectivity index is 1.56. The fourth-order valence-electron chi connectivity index (χ4n) is 4.26. The number of thiophene rings is 1. The van der Waals surface area contributed by atoms with Crippen molar-refractivity contribution < 1.29 is 36.7 Å². The Morgan fingerprint density at radius 3 is 2.56 bits per heavy atom. The number of halogens is 5. The molecule has 1 saturated carbocycles. The lowest BCUT2D eigenvalue weighted by atomic mass is 10.1. The molecule has 1 aliphatic carbocycles. The number of hydrogen-bond donors (Lipinski definition) is 2. The molecule has 8 nitrogen and oxygen atoms in total. The molecular weight excluding hydrogens is 564 g/mol. The van der Waals surface area contributed by atoms with E-state index in [0.717, 1.165) is 30.2 Å². The zero-order valence-electron chi connectivity index (χ0n) is 20.7. The average molecular weight is 591 g/mol. The smallest absolute Gasteiger partial charge is 0.265 e. The van der Waals surface area contributed by atoms with Gasteiger partial charge >= 0.3 is 0 Å². The van der Waals surface area contributed by atoms with Crippen LogP contribution in [0.5, 0.6) is 0 Å². The Kier molecular flexibility index (Phi) is 9.81. The van der Waals surface area contributed by atoms with Crippen LogP contribution in [0.4, 0.5) is 28.9 Å². The van der Waals surface area contributed by atoms with Gasteiger partial charge in [0.2, 0.25) is 5.91 Å². The fraction of sp³-hybridized carbons (Fsp3) is 0.480. The number of nitrogens with one attached hydrogen (secondary N) is 2. The van der Waals surface area contributed by atoms with Gasteiger partial charge in [-0.3, -0.25) is 19.3 Å². The molecular formula is C25H27ClF4N4O4S. The maximum absolute atomic E-state index is 14.0. The van der Waals surface area contributed by atoms with Crippen LogP contribution in [0.15, 0.2) is 30.3 Å². The summed E-state index contributed by atoms with van der Waals surface area (Å²) in [6.45, 7) is -0.592. The van der Waals surface area contributed by atoms with Gasteiger partial charge in [-0.05, 0) is 49.1 Å². The predicted octanol–water partition coefficient (Wildman–Crippen LogP) is 4.42. The van der Waals surface area contributed by atoms with E-state index in [4.69, 9.17) is 16.3 Å². The third kappa shape index (κ3) is 7.90. The number of alkyl halides is 4. The minimum absolute atomic E-state index is 0.132. The number of carbonyl (C=O) groups excluding carboxylic acids is 3. The van der Waals surface area contributed by atoms with E-state index >= 15 is 0 Å². The third-order valence-electron chi connectivity index (χ3n) is 6.38. The summed E-state index contributed by atoms with van der Waals surface area (Å²) in [5.74, 6) is -1.62. The van der Waals surface area contributed by atoms with Gasteiger partial charge in [0.25, 0.3) is 24.7 Å². The Morgan fingerprint density at radius 1 is 1.18 bits per heavy atom. The molecule has 2 fully saturated rings. The topological polar surface area (TPSA) is 91.0 Å². The first kappa shape index (κ1) is 29.2. The second-order valence-corrected chi connectivity index (χ2v) is 11.0. The number of benzene rings is 1. The van der Waals surface area contributed by atoms with Crippen LogP contribution in [0, 0.1) is 5.92 Å². The molecule has 39 heavy (non-hydrogen) atoms. The quantitative estimate of drug-likeness (QED) is 0.357. The summed E-state index contributed by atoms with van der Waals surface area (Å²) in [4.78, 5) is 41.0. The molecule has 2 heterocycles. The number of ether oxygens (including phenoxy) is 1. The first-order chi connectivity index (χ1) is 18.6. The van der Waals surface area contributed by atoms with Gasteiger partial charge in [-0.25, -0.2) is 17.6 Å². The van der Waals surface area contributed by atoms with Gasteiger partial charge in [0.1, 0.15) is 12.6 Å². The normalized spacial score (nSPS) is 16.7. The number of nitrogens with zero attached hydrogens (tertiary/aromatic N) is 2. The number of anilines is 2. The SMILES string of the molecule is O=C(NC[C@@H](C(=O)Nc1ccc(N2CCOCC2=O)cc1C(F)F)N(CC(F)F)CC1CC1)c1ccc(Cl)s1. The van der Waals surface area contributed by atoms with Gasteiger partial charge in [0, 0.05) is 36.6 Å². The van der Waals surface area contributed by atoms with Crippen molar-refractivity contribution in [1.29, 1.82) is 0 Å². The molecule has 1 atom stereocenters. The molecule has 2 aliphatic rings. The highest BCUT2D eigenvalue weighted by atomic mass is 35.5. The van der Waals surface area contributed by atoms with Crippen LogP contribution in [0.3, 0.4) is 0 Å². The van der Waals surface area contributed by atoms with E-state index in [1.807, 2.05) is 0 Å². The number of hydrogen-bond acceptors (Lipinski definition) is 6. The second-order valence-electron chi connectivity index (χ2n) is 9.28. The molecule has 0 radical (unpaired) electrons. The molecule has 1 aromatic heterocycles. The van der Waals surface area contributed by atoms with Crippen molar-refractivity contribution in [3.63, 3.8) is 0 Å². The van der Waals surface area contributed by atoms with Crippen LogP contribution in [-0.2, 0) is 14.3 Å². The van der Waals surface area contributed by atoms with E-state index in [0.29, 0.717) is 4.34 Å². The van der Waals surface area contributed by atoms with E-state index in [1.54, 1.807) is 0 Å². The first-order valence-electron chi connectivity index (χ1n) is 12.3. The molecule has 3 amide bonds. The molecule has 1 aromatic carbocycles. The molecule has 4 rings (SSSR count). The second kappa shape index (κ2) is 13.1. The van der Waals surface area contributed by atoms with Crippen molar-refractivity contribution >= 4 is 52.0 Å². The highest BCUT2D eigenvalue weighted by Gasteiger charge is 2.34. The minimum Gasteiger partial charge on any atom is -0.370 e. The van der Waals surface area contributed by atoms with E-state index < -0.39 is 42.8 Å². The van der Waals surface area contributed by atoms with Gasteiger partial charge in [0.05, 0.1) is 22.4 Å². The van der Waals surface area contributed by atoms with Crippen molar-refractivity contribution in [2.45, 2.75) is 31.7 Å². The van der Waals surface area contributed by atoms with Crippen molar-refractivity contribution in [2.24, 2.45) is 5.92 Å². The van der Waals surface area contributed by atoms with Crippen molar-refractivity contribution in [2.75, 3.05) is 49.6 Å². The summed E-state index contributed by atoms with van der Waals surface area (Å²) in [7, 11) is 0. The lowest BCUT2D eigenvalue weighted by Crippen LogP contribution is -2.52. The molecule has 0 bridgehead atoms. The van der Waals surface area contributed by atoms with Crippen molar-refractivity contribution in [3.05, 3.63) is 45.1 Å². The molecule has 1 aliphatic heterocycles. The van der Waals surface area contributed by atoms with E-state index in [1.165, 1.54) is 34.1 Å². The summed E-state index contributed by atoms with van der Waals surface area (Å²) >= 11 is 6.90. The van der Waals surface area contributed by atoms with Crippen molar-refractivity contribution in [3.8, 4) is 0 Å². The summed E-state index contributed by atoms with van der Waals surface area (Å²) in [6.07, 6.45) is -4.11. The molecule has 0 unspecified atom stereocenters. The maximum atomic E-state index is 14.0. The highest BCUT2D eigenvalue weighted by molar-refractivity contribution is 7.18. The zero-order valence-corrected chi connectivity index (χ0v) is 22.3. The summed E-state index contributed by atoms with van der Waals surface area (Å²) in [5, 5.41) is 5.03. The average Bonchev–Trinajstić information content (AvgIpc) is 3.60. The van der Waals surface area contributed by atoms with Gasteiger partial charge in [-0.15, -0.1) is 11.3 Å². The Morgan fingerprint density at radius 2 is 1.95 bits per heavy atom. The van der Waals surface area contributed by atoms with Gasteiger partial charge in [-0.2, -0.15) is 0 Å².